The maximum atomic E-state index is 12.0. The Morgan fingerprint density at radius 2 is 1.64 bits per heavy atom. The van der Waals surface area contributed by atoms with E-state index < -0.39 is 0 Å². The molecular weight excluding hydrogens is 424 g/mol. The van der Waals surface area contributed by atoms with E-state index >= 15 is 0 Å². The van der Waals surface area contributed by atoms with Crippen LogP contribution in [0.15, 0.2) is 6.33 Å². The number of imidazole rings is 1. The van der Waals surface area contributed by atoms with Gasteiger partial charge in [0.2, 0.25) is 17.8 Å². The predicted octanol–water partition coefficient (Wildman–Crippen LogP) is 0.710. The average Bonchev–Trinajstić information content (AvgIpc) is 3.56. The van der Waals surface area contributed by atoms with Crippen LogP contribution in [0.4, 0.5) is 11.8 Å². The van der Waals surface area contributed by atoms with Crippen LogP contribution in [0, 0.1) is 0 Å². The first-order valence-electron chi connectivity index (χ1n) is 12.0. The second-order valence-corrected chi connectivity index (χ2v) is 8.83. The second kappa shape index (κ2) is 9.90. The molecule has 0 unspecified atom stereocenters. The van der Waals surface area contributed by atoms with Crippen LogP contribution >= 0.6 is 0 Å². The van der Waals surface area contributed by atoms with E-state index in [1.807, 2.05) is 14.4 Å². The van der Waals surface area contributed by atoms with Crippen molar-refractivity contribution in [1.29, 1.82) is 0 Å². The smallest absolute Gasteiger partial charge is 0.229 e. The molecule has 33 heavy (non-hydrogen) atoms. The Bertz CT molecular complexity index is 1000. The average molecular weight is 457 g/mol. The number of fused-ring (bicyclic) bond motifs is 1. The quantitative estimate of drug-likeness (QED) is 0.550. The molecule has 2 amide bonds. The lowest BCUT2D eigenvalue weighted by atomic mass is 10.3. The van der Waals surface area contributed by atoms with E-state index in [0.29, 0.717) is 57.5 Å². The molecule has 0 spiro atoms. The lowest BCUT2D eigenvalue weighted by Crippen LogP contribution is -2.37. The van der Waals surface area contributed by atoms with Crippen molar-refractivity contribution in [1.82, 2.24) is 29.3 Å². The van der Waals surface area contributed by atoms with Crippen molar-refractivity contribution in [3.05, 3.63) is 6.33 Å². The van der Waals surface area contributed by atoms with Gasteiger partial charge in [0.15, 0.2) is 17.0 Å². The molecule has 0 saturated carbocycles. The van der Waals surface area contributed by atoms with E-state index in [1.54, 1.807) is 6.33 Å². The number of morpholine rings is 1. The fraction of sp³-hybridized carbons (Fsp3) is 0.682. The van der Waals surface area contributed by atoms with Gasteiger partial charge < -0.3 is 29.3 Å². The minimum absolute atomic E-state index is 0.224. The van der Waals surface area contributed by atoms with Gasteiger partial charge in [0.05, 0.1) is 19.5 Å². The fourth-order valence-corrected chi connectivity index (χ4v) is 4.71. The summed E-state index contributed by atoms with van der Waals surface area (Å²) in [5.74, 6) is 1.86. The van der Waals surface area contributed by atoms with Crippen molar-refractivity contribution in [3.8, 4) is 0 Å². The minimum Gasteiger partial charge on any atom is -0.378 e. The van der Waals surface area contributed by atoms with Gasteiger partial charge in [-0.3, -0.25) is 9.59 Å². The van der Waals surface area contributed by atoms with Gasteiger partial charge in [-0.05, 0) is 19.3 Å². The van der Waals surface area contributed by atoms with Gasteiger partial charge in [-0.25, -0.2) is 4.98 Å². The van der Waals surface area contributed by atoms with Crippen molar-refractivity contribution >= 4 is 34.7 Å². The Balaban J connectivity index is 1.32. The number of nitrogens with zero attached hydrogens (tertiary/aromatic N) is 7. The van der Waals surface area contributed by atoms with Crippen LogP contribution in [0.3, 0.4) is 0 Å². The molecule has 11 nitrogen and oxygen atoms in total. The van der Waals surface area contributed by atoms with Crippen molar-refractivity contribution in [2.24, 2.45) is 0 Å². The Kier molecular flexibility index (Phi) is 6.56. The predicted molar refractivity (Wildman–Crippen MR) is 123 cm³/mol. The van der Waals surface area contributed by atoms with Gasteiger partial charge >= 0.3 is 0 Å². The third-order valence-electron chi connectivity index (χ3n) is 6.60. The van der Waals surface area contributed by atoms with Crippen LogP contribution < -0.4 is 10.2 Å². The molecule has 0 bridgehead atoms. The van der Waals surface area contributed by atoms with Crippen LogP contribution in [0.2, 0.25) is 0 Å². The SMILES string of the molecule is O=C1CCCN1CCCNc1nc(N2CCOCC2)nc2c1ncn2CCN1CCCC1=O. The van der Waals surface area contributed by atoms with Gasteiger partial charge in [0, 0.05) is 65.2 Å². The molecule has 0 atom stereocenters. The monoisotopic (exact) mass is 456 g/mol. The maximum Gasteiger partial charge on any atom is 0.229 e. The molecule has 0 radical (unpaired) electrons. The van der Waals surface area contributed by atoms with E-state index in [-0.39, 0.29) is 11.8 Å². The van der Waals surface area contributed by atoms with E-state index in [9.17, 15) is 9.59 Å². The number of hydrogen-bond acceptors (Lipinski definition) is 8. The topological polar surface area (TPSA) is 109 Å². The summed E-state index contributed by atoms with van der Waals surface area (Å²) in [5.41, 5.74) is 1.51. The summed E-state index contributed by atoms with van der Waals surface area (Å²) in [6.45, 7) is 7.27. The van der Waals surface area contributed by atoms with E-state index in [1.165, 1.54) is 0 Å². The summed E-state index contributed by atoms with van der Waals surface area (Å²) < 4.78 is 7.50. The van der Waals surface area contributed by atoms with Crippen molar-refractivity contribution in [3.63, 3.8) is 0 Å². The molecule has 2 aromatic heterocycles. The van der Waals surface area contributed by atoms with Crippen molar-refractivity contribution < 1.29 is 14.3 Å². The molecule has 5 rings (SSSR count). The number of hydrogen-bond donors (Lipinski definition) is 1. The number of nitrogens with one attached hydrogen (secondary N) is 1. The van der Waals surface area contributed by atoms with Gasteiger partial charge in [0.1, 0.15) is 0 Å². The maximum absolute atomic E-state index is 12.0. The zero-order valence-electron chi connectivity index (χ0n) is 19.0. The van der Waals surface area contributed by atoms with Crippen LogP contribution in [0.1, 0.15) is 32.1 Å². The fourth-order valence-electron chi connectivity index (χ4n) is 4.71. The Morgan fingerprint density at radius 1 is 0.909 bits per heavy atom. The molecular formula is C22H32N8O3. The summed E-state index contributed by atoms with van der Waals surface area (Å²) in [6.07, 6.45) is 5.85. The van der Waals surface area contributed by atoms with Crippen LogP contribution in [0.5, 0.6) is 0 Å². The number of anilines is 2. The molecule has 0 aliphatic carbocycles. The lowest BCUT2D eigenvalue weighted by molar-refractivity contribution is -0.128. The van der Waals surface area contributed by atoms with Gasteiger partial charge in [-0.1, -0.05) is 0 Å². The number of rotatable bonds is 9. The molecule has 3 saturated heterocycles. The van der Waals surface area contributed by atoms with Crippen LogP contribution in [-0.4, -0.2) is 100 Å². The number of ether oxygens (including phenoxy) is 1. The molecule has 3 aliphatic heterocycles. The summed E-state index contributed by atoms with van der Waals surface area (Å²) in [4.78, 5) is 44.1. The first-order chi connectivity index (χ1) is 16.2. The largest absolute Gasteiger partial charge is 0.378 e. The van der Waals surface area contributed by atoms with Crippen molar-refractivity contribution in [2.75, 3.05) is 69.2 Å². The second-order valence-electron chi connectivity index (χ2n) is 8.83. The zero-order chi connectivity index (χ0) is 22.6. The number of carbonyl (C=O) groups excluding carboxylic acids is 2. The molecule has 178 valence electrons. The highest BCUT2D eigenvalue weighted by molar-refractivity contribution is 5.84. The van der Waals surface area contributed by atoms with Gasteiger partial charge in [0.25, 0.3) is 0 Å². The van der Waals surface area contributed by atoms with E-state index in [0.717, 1.165) is 63.2 Å². The molecule has 3 aliphatic rings. The summed E-state index contributed by atoms with van der Waals surface area (Å²) >= 11 is 0. The Labute approximate surface area is 193 Å². The number of amides is 2. The number of carbonyl (C=O) groups is 2. The highest BCUT2D eigenvalue weighted by atomic mass is 16.5. The summed E-state index contributed by atoms with van der Waals surface area (Å²) in [5, 5.41) is 3.44. The normalized spacial score (nSPS) is 19.3. The van der Waals surface area contributed by atoms with Crippen LogP contribution in [0.25, 0.3) is 11.2 Å². The van der Waals surface area contributed by atoms with Crippen LogP contribution in [-0.2, 0) is 20.9 Å². The molecule has 2 aromatic rings. The Morgan fingerprint density at radius 3 is 2.33 bits per heavy atom. The highest BCUT2D eigenvalue weighted by Gasteiger charge is 2.23. The van der Waals surface area contributed by atoms with Crippen molar-refractivity contribution in [2.45, 2.75) is 38.6 Å². The van der Waals surface area contributed by atoms with Gasteiger partial charge in [-0.2, -0.15) is 9.97 Å². The minimum atomic E-state index is 0.224. The van der Waals surface area contributed by atoms with Gasteiger partial charge in [-0.15, -0.1) is 0 Å². The number of aromatic nitrogens is 4. The first-order valence-corrected chi connectivity index (χ1v) is 12.0. The summed E-state index contributed by atoms with van der Waals surface area (Å²) in [7, 11) is 0. The van der Waals surface area contributed by atoms with E-state index in [2.05, 4.69) is 15.2 Å². The molecule has 0 aromatic carbocycles. The Hall–Kier alpha value is -2.95. The lowest BCUT2D eigenvalue weighted by Gasteiger charge is -2.27. The van der Waals surface area contributed by atoms with E-state index in [4.69, 9.17) is 14.7 Å². The zero-order valence-corrected chi connectivity index (χ0v) is 19.0. The standard InChI is InChI=1S/C22H32N8O3/c31-17-4-1-7-27(17)9-3-6-23-20-19-21(26-22(25-20)29-12-14-33-15-13-29)30(16-24-19)11-10-28-8-2-5-18(28)32/h16H,1-15H2,(H,23,25,26). The third-order valence-corrected chi connectivity index (χ3v) is 6.60. The third kappa shape index (κ3) is 4.87. The highest BCUT2D eigenvalue weighted by Crippen LogP contribution is 2.24. The molecule has 11 heteroatoms. The summed E-state index contributed by atoms with van der Waals surface area (Å²) in [6, 6.07) is 0. The first kappa shape index (κ1) is 21.9. The molecule has 5 heterocycles. The number of likely N-dealkylation sites (tertiary alicyclic amines) is 2. The molecule has 3 fully saturated rings. The molecule has 1 N–H and O–H groups in total.